The molecule has 1 saturated heterocycles. The Balaban J connectivity index is 1.72. The minimum absolute atomic E-state index is 0.329. The van der Waals surface area contributed by atoms with Gasteiger partial charge in [0, 0.05) is 31.5 Å². The molecule has 4 nitrogen and oxygen atoms in total. The van der Waals surface area contributed by atoms with Crippen molar-refractivity contribution in [3.8, 4) is 11.1 Å². The second kappa shape index (κ2) is 7.29. The number of piperidine rings is 1. The lowest BCUT2D eigenvalue weighted by Gasteiger charge is -2.33. The van der Waals surface area contributed by atoms with Gasteiger partial charge in [0.25, 0.3) is 0 Å². The third-order valence-electron chi connectivity index (χ3n) is 4.36. The molecule has 0 radical (unpaired) electrons. The minimum atomic E-state index is 0.329. The summed E-state index contributed by atoms with van der Waals surface area (Å²) in [4.78, 5) is 2.08. The molecule has 1 aliphatic heterocycles. The highest BCUT2D eigenvalue weighted by atomic mass is 16.5. The molecule has 3 rings (SSSR count). The largest absolute Gasteiger partial charge is 0.381 e. The monoisotopic (exact) mass is 309 g/mol. The van der Waals surface area contributed by atoms with E-state index in [2.05, 4.69) is 28.4 Å². The van der Waals surface area contributed by atoms with Crippen LogP contribution < -0.4 is 5.32 Å². The molecular weight excluding hydrogens is 286 g/mol. The molecule has 0 atom stereocenters. The number of hydrogen-bond donors (Lipinski definition) is 2. The van der Waals surface area contributed by atoms with E-state index in [-0.39, 0.29) is 0 Å². The molecule has 0 amide bonds. The Hall–Kier alpha value is -2.33. The average molecular weight is 309 g/mol. The van der Waals surface area contributed by atoms with Crippen LogP contribution in [0.1, 0.15) is 12.8 Å². The number of guanidine groups is 1. The Morgan fingerprint density at radius 3 is 2.39 bits per heavy atom. The Morgan fingerprint density at radius 2 is 1.70 bits per heavy atom. The molecule has 0 unspecified atom stereocenters. The molecular formula is C19H23N3O. The summed E-state index contributed by atoms with van der Waals surface area (Å²) in [6.07, 6.45) is 2.28. The minimum Gasteiger partial charge on any atom is -0.381 e. The van der Waals surface area contributed by atoms with Crippen LogP contribution in [0.3, 0.4) is 0 Å². The summed E-state index contributed by atoms with van der Waals surface area (Å²) in [6.45, 7) is 1.72. The van der Waals surface area contributed by atoms with Gasteiger partial charge in [-0.05, 0) is 24.5 Å². The van der Waals surface area contributed by atoms with Crippen molar-refractivity contribution in [1.82, 2.24) is 4.90 Å². The molecule has 0 spiro atoms. The standard InChI is InChI=1S/C19H23N3O/c1-23-16-11-13-22(14-12-16)19(20)21-18-10-6-5-9-17(18)15-7-3-2-4-8-15/h2-10,16H,11-14H2,1H3,(H2,20,21). The van der Waals surface area contributed by atoms with Crippen LogP contribution in [-0.4, -0.2) is 37.2 Å². The van der Waals surface area contributed by atoms with Gasteiger partial charge in [0.15, 0.2) is 5.96 Å². The number of para-hydroxylation sites is 1. The van der Waals surface area contributed by atoms with E-state index < -0.39 is 0 Å². The highest BCUT2D eigenvalue weighted by molar-refractivity contribution is 5.95. The fraction of sp³-hybridized carbons (Fsp3) is 0.316. The number of rotatable bonds is 3. The van der Waals surface area contributed by atoms with Crippen LogP contribution in [0.2, 0.25) is 0 Å². The lowest BCUT2D eigenvalue weighted by molar-refractivity contribution is 0.0577. The Labute approximate surface area is 137 Å². The maximum atomic E-state index is 8.38. The third-order valence-corrected chi connectivity index (χ3v) is 4.36. The zero-order chi connectivity index (χ0) is 16.1. The predicted molar refractivity (Wildman–Crippen MR) is 94.8 cm³/mol. The van der Waals surface area contributed by atoms with Crippen molar-refractivity contribution < 1.29 is 4.74 Å². The van der Waals surface area contributed by atoms with E-state index in [0.29, 0.717) is 12.1 Å². The summed E-state index contributed by atoms with van der Waals surface area (Å²) in [7, 11) is 1.76. The first-order valence-electron chi connectivity index (χ1n) is 8.05. The number of nitrogens with zero attached hydrogens (tertiary/aromatic N) is 1. The van der Waals surface area contributed by atoms with Gasteiger partial charge in [-0.1, -0.05) is 48.5 Å². The molecule has 23 heavy (non-hydrogen) atoms. The van der Waals surface area contributed by atoms with Gasteiger partial charge in [-0.2, -0.15) is 0 Å². The summed E-state index contributed by atoms with van der Waals surface area (Å²) < 4.78 is 5.40. The maximum Gasteiger partial charge on any atom is 0.195 e. The number of ether oxygens (including phenoxy) is 1. The van der Waals surface area contributed by atoms with E-state index in [9.17, 15) is 0 Å². The van der Waals surface area contributed by atoms with Gasteiger partial charge in [0.2, 0.25) is 0 Å². The summed E-state index contributed by atoms with van der Waals surface area (Å²) >= 11 is 0. The van der Waals surface area contributed by atoms with Gasteiger partial charge in [-0.3, -0.25) is 5.41 Å². The second-order valence-electron chi connectivity index (χ2n) is 5.81. The van der Waals surface area contributed by atoms with E-state index in [0.717, 1.165) is 42.7 Å². The van der Waals surface area contributed by atoms with Crippen LogP contribution in [-0.2, 0) is 4.74 Å². The zero-order valence-corrected chi connectivity index (χ0v) is 13.5. The van der Waals surface area contributed by atoms with Gasteiger partial charge in [0.1, 0.15) is 0 Å². The van der Waals surface area contributed by atoms with Crippen molar-refractivity contribution in [3.63, 3.8) is 0 Å². The fourth-order valence-electron chi connectivity index (χ4n) is 2.98. The summed E-state index contributed by atoms with van der Waals surface area (Å²) in [5.74, 6) is 0.461. The van der Waals surface area contributed by atoms with Crippen molar-refractivity contribution >= 4 is 11.6 Å². The highest BCUT2D eigenvalue weighted by Gasteiger charge is 2.21. The van der Waals surface area contributed by atoms with Crippen molar-refractivity contribution in [2.45, 2.75) is 18.9 Å². The van der Waals surface area contributed by atoms with Crippen LogP contribution in [0.4, 0.5) is 5.69 Å². The number of methoxy groups -OCH3 is 1. The van der Waals surface area contributed by atoms with Crippen molar-refractivity contribution in [2.75, 3.05) is 25.5 Å². The first-order valence-corrected chi connectivity index (χ1v) is 8.05. The van der Waals surface area contributed by atoms with Gasteiger partial charge in [0.05, 0.1) is 6.10 Å². The molecule has 1 heterocycles. The Bertz CT molecular complexity index is 649. The maximum absolute atomic E-state index is 8.38. The van der Waals surface area contributed by atoms with Crippen LogP contribution in [0.5, 0.6) is 0 Å². The smallest absolute Gasteiger partial charge is 0.195 e. The van der Waals surface area contributed by atoms with Gasteiger partial charge >= 0.3 is 0 Å². The van der Waals surface area contributed by atoms with Crippen molar-refractivity contribution in [1.29, 1.82) is 5.41 Å². The molecule has 0 aliphatic carbocycles. The second-order valence-corrected chi connectivity index (χ2v) is 5.81. The SMILES string of the molecule is COC1CCN(C(=N)Nc2ccccc2-c2ccccc2)CC1. The third kappa shape index (κ3) is 3.71. The molecule has 0 saturated carbocycles. The first-order chi connectivity index (χ1) is 11.3. The van der Waals surface area contributed by atoms with Crippen LogP contribution >= 0.6 is 0 Å². The molecule has 2 aromatic rings. The van der Waals surface area contributed by atoms with E-state index in [1.165, 1.54) is 0 Å². The predicted octanol–water partition coefficient (Wildman–Crippen LogP) is 3.81. The number of benzene rings is 2. The van der Waals surface area contributed by atoms with Crippen LogP contribution in [0, 0.1) is 5.41 Å². The molecule has 4 heteroatoms. The summed E-state index contributed by atoms with van der Waals surface area (Å²) in [5, 5.41) is 11.7. The van der Waals surface area contributed by atoms with E-state index >= 15 is 0 Å². The molecule has 1 aliphatic rings. The van der Waals surface area contributed by atoms with E-state index in [1.54, 1.807) is 7.11 Å². The molecule has 1 fully saturated rings. The number of likely N-dealkylation sites (tertiary alicyclic amines) is 1. The molecule has 2 N–H and O–H groups in total. The Kier molecular flexibility index (Phi) is 4.93. The van der Waals surface area contributed by atoms with Crippen LogP contribution in [0.25, 0.3) is 11.1 Å². The van der Waals surface area contributed by atoms with E-state index in [4.69, 9.17) is 10.1 Å². The number of nitrogens with one attached hydrogen (secondary N) is 2. The van der Waals surface area contributed by atoms with Gasteiger partial charge in [-0.15, -0.1) is 0 Å². The average Bonchev–Trinajstić information content (AvgIpc) is 2.63. The molecule has 2 aromatic carbocycles. The van der Waals surface area contributed by atoms with Crippen molar-refractivity contribution in [2.24, 2.45) is 0 Å². The number of anilines is 1. The highest BCUT2D eigenvalue weighted by Crippen LogP contribution is 2.27. The summed E-state index contributed by atoms with van der Waals surface area (Å²) in [5.41, 5.74) is 3.24. The normalized spacial score (nSPS) is 15.4. The van der Waals surface area contributed by atoms with Crippen molar-refractivity contribution in [3.05, 3.63) is 54.6 Å². The summed E-state index contributed by atoms with van der Waals surface area (Å²) in [6, 6.07) is 18.4. The van der Waals surface area contributed by atoms with Gasteiger partial charge in [-0.25, -0.2) is 0 Å². The molecule has 0 bridgehead atoms. The molecule has 120 valence electrons. The molecule has 0 aromatic heterocycles. The zero-order valence-electron chi connectivity index (χ0n) is 13.5. The fourth-order valence-corrected chi connectivity index (χ4v) is 2.98. The number of hydrogen-bond acceptors (Lipinski definition) is 2. The first kappa shape index (κ1) is 15.6. The Morgan fingerprint density at radius 1 is 1.04 bits per heavy atom. The van der Waals surface area contributed by atoms with Gasteiger partial charge < -0.3 is 15.0 Å². The quantitative estimate of drug-likeness (QED) is 0.669. The van der Waals surface area contributed by atoms with E-state index in [1.807, 2.05) is 36.4 Å². The topological polar surface area (TPSA) is 48.4 Å². The lowest BCUT2D eigenvalue weighted by atomic mass is 10.0. The lowest BCUT2D eigenvalue weighted by Crippen LogP contribution is -2.43. The van der Waals surface area contributed by atoms with Crippen LogP contribution in [0.15, 0.2) is 54.6 Å².